The van der Waals surface area contributed by atoms with E-state index in [-0.39, 0.29) is 17.8 Å². The van der Waals surface area contributed by atoms with Crippen molar-refractivity contribution in [1.29, 1.82) is 0 Å². The summed E-state index contributed by atoms with van der Waals surface area (Å²) in [6.07, 6.45) is 1.68. The number of hydrogen-bond acceptors (Lipinski definition) is 4. The van der Waals surface area contributed by atoms with Crippen LogP contribution in [0.5, 0.6) is 11.5 Å². The molecule has 6 heteroatoms. The summed E-state index contributed by atoms with van der Waals surface area (Å²) in [4.78, 5) is 16.4. The molecule has 0 bridgehead atoms. The van der Waals surface area contributed by atoms with Crippen molar-refractivity contribution < 1.29 is 18.7 Å². The van der Waals surface area contributed by atoms with E-state index < -0.39 is 0 Å². The Balaban J connectivity index is 1.67. The number of benzene rings is 2. The molecule has 2 aromatic carbocycles. The molecule has 1 fully saturated rings. The van der Waals surface area contributed by atoms with E-state index in [1.807, 2.05) is 24.3 Å². The number of piperidine rings is 1. The van der Waals surface area contributed by atoms with Crippen LogP contribution < -0.4 is 14.4 Å². The zero-order valence-electron chi connectivity index (χ0n) is 17.6. The van der Waals surface area contributed by atoms with Crippen molar-refractivity contribution in [3.8, 4) is 11.5 Å². The normalized spacial score (nSPS) is 15.2. The first-order valence-electron chi connectivity index (χ1n) is 9.92. The summed E-state index contributed by atoms with van der Waals surface area (Å²) in [5.41, 5.74) is 2.33. The van der Waals surface area contributed by atoms with Gasteiger partial charge in [-0.15, -0.1) is 0 Å². The third kappa shape index (κ3) is 4.88. The van der Waals surface area contributed by atoms with Gasteiger partial charge < -0.3 is 14.4 Å². The Hall–Kier alpha value is -2.60. The highest BCUT2D eigenvalue weighted by Gasteiger charge is 2.28. The Bertz CT molecular complexity index is 863. The molecule has 0 spiro atoms. The molecule has 1 heterocycles. The molecule has 1 aliphatic rings. The lowest BCUT2D eigenvalue weighted by Gasteiger charge is -2.38. The molecule has 1 saturated heterocycles. The average Bonchev–Trinajstić information content (AvgIpc) is 2.72. The van der Waals surface area contributed by atoms with Gasteiger partial charge in [-0.25, -0.2) is 4.39 Å². The van der Waals surface area contributed by atoms with E-state index in [0.29, 0.717) is 11.3 Å². The first kappa shape index (κ1) is 21.1. The van der Waals surface area contributed by atoms with Gasteiger partial charge in [-0.05, 0) is 43.5 Å². The van der Waals surface area contributed by atoms with Crippen molar-refractivity contribution in [2.24, 2.45) is 0 Å². The summed E-state index contributed by atoms with van der Waals surface area (Å²) < 4.78 is 24.8. The maximum Gasteiger partial charge on any atom is 0.224 e. The average molecular weight is 400 g/mol. The molecule has 0 saturated carbocycles. The molecule has 1 aliphatic heterocycles. The number of carbonyl (C=O) groups is 1. The molecule has 3 rings (SSSR count). The summed E-state index contributed by atoms with van der Waals surface area (Å²) in [5.74, 6) is 1.25. The molecule has 0 aromatic heterocycles. The van der Waals surface area contributed by atoms with E-state index >= 15 is 0 Å². The molecule has 0 aliphatic carbocycles. The highest BCUT2D eigenvalue weighted by atomic mass is 19.1. The van der Waals surface area contributed by atoms with Crippen molar-refractivity contribution in [1.82, 2.24) is 4.90 Å². The lowest BCUT2D eigenvalue weighted by Crippen LogP contribution is -2.46. The van der Waals surface area contributed by atoms with E-state index in [9.17, 15) is 9.18 Å². The standard InChI is InChI=1S/C23H29FN2O3/c1-16-5-7-20(13-22(16)24)26(17(2)27)19-9-11-25(12-10-19)15-18-6-8-21(28-3)14-23(18)29-4/h5-8,13-14,19H,9-12,15H2,1-4H3. The van der Waals surface area contributed by atoms with Gasteiger partial charge in [0.15, 0.2) is 0 Å². The minimum atomic E-state index is -0.280. The Morgan fingerprint density at radius 1 is 1.14 bits per heavy atom. The van der Waals surface area contributed by atoms with Gasteiger partial charge in [0, 0.05) is 49.9 Å². The van der Waals surface area contributed by atoms with Crippen LogP contribution in [0.4, 0.5) is 10.1 Å². The highest BCUT2D eigenvalue weighted by Crippen LogP contribution is 2.29. The molecule has 29 heavy (non-hydrogen) atoms. The maximum absolute atomic E-state index is 14.0. The topological polar surface area (TPSA) is 42.0 Å². The quantitative estimate of drug-likeness (QED) is 0.730. The SMILES string of the molecule is COc1ccc(CN2CCC(N(C(C)=O)c3ccc(C)c(F)c3)CC2)c(OC)c1. The lowest BCUT2D eigenvalue weighted by molar-refractivity contribution is -0.117. The molecule has 5 nitrogen and oxygen atoms in total. The van der Waals surface area contributed by atoms with Crippen LogP contribution in [0, 0.1) is 12.7 Å². The third-order valence-electron chi connectivity index (χ3n) is 5.58. The van der Waals surface area contributed by atoms with Crippen LogP contribution in [0.1, 0.15) is 30.9 Å². The second-order valence-electron chi connectivity index (χ2n) is 7.51. The van der Waals surface area contributed by atoms with Gasteiger partial charge in [0.25, 0.3) is 0 Å². The van der Waals surface area contributed by atoms with Crippen molar-refractivity contribution in [2.75, 3.05) is 32.2 Å². The number of ether oxygens (including phenoxy) is 2. The monoisotopic (exact) mass is 400 g/mol. The predicted molar refractivity (Wildman–Crippen MR) is 112 cm³/mol. The number of rotatable bonds is 6. The van der Waals surface area contributed by atoms with Crippen LogP contribution in [0.25, 0.3) is 0 Å². The smallest absolute Gasteiger partial charge is 0.224 e. The Morgan fingerprint density at radius 2 is 1.86 bits per heavy atom. The van der Waals surface area contributed by atoms with E-state index in [2.05, 4.69) is 4.90 Å². The van der Waals surface area contributed by atoms with Crippen LogP contribution in [0.2, 0.25) is 0 Å². The number of methoxy groups -OCH3 is 2. The number of nitrogens with zero attached hydrogens (tertiary/aromatic N) is 2. The van der Waals surface area contributed by atoms with E-state index in [1.165, 1.54) is 6.07 Å². The predicted octanol–water partition coefficient (Wildman–Crippen LogP) is 4.17. The van der Waals surface area contributed by atoms with Gasteiger partial charge >= 0.3 is 0 Å². The van der Waals surface area contributed by atoms with Crippen molar-refractivity contribution >= 4 is 11.6 Å². The largest absolute Gasteiger partial charge is 0.497 e. The van der Waals surface area contributed by atoms with Gasteiger partial charge in [-0.1, -0.05) is 12.1 Å². The van der Waals surface area contributed by atoms with Crippen molar-refractivity contribution in [2.45, 2.75) is 39.3 Å². The Morgan fingerprint density at radius 3 is 2.45 bits per heavy atom. The summed E-state index contributed by atoms with van der Waals surface area (Å²) in [6, 6.07) is 11.0. The van der Waals surface area contributed by atoms with E-state index in [1.54, 1.807) is 39.0 Å². The lowest BCUT2D eigenvalue weighted by atomic mass is 10.0. The second-order valence-corrected chi connectivity index (χ2v) is 7.51. The molecular weight excluding hydrogens is 371 g/mol. The van der Waals surface area contributed by atoms with Gasteiger partial charge in [0.1, 0.15) is 17.3 Å². The molecule has 0 radical (unpaired) electrons. The first-order valence-corrected chi connectivity index (χ1v) is 9.92. The Labute approximate surface area is 172 Å². The van der Waals surface area contributed by atoms with E-state index in [0.717, 1.165) is 49.5 Å². The van der Waals surface area contributed by atoms with Gasteiger partial charge in [0.05, 0.1) is 14.2 Å². The summed E-state index contributed by atoms with van der Waals surface area (Å²) in [5, 5.41) is 0. The summed E-state index contributed by atoms with van der Waals surface area (Å²) in [7, 11) is 3.30. The number of carbonyl (C=O) groups excluding carboxylic acids is 1. The van der Waals surface area contributed by atoms with Crippen molar-refractivity contribution in [3.05, 3.63) is 53.3 Å². The molecule has 156 valence electrons. The van der Waals surface area contributed by atoms with Gasteiger partial charge in [-0.2, -0.15) is 0 Å². The zero-order chi connectivity index (χ0) is 21.0. The highest BCUT2D eigenvalue weighted by molar-refractivity contribution is 5.92. The summed E-state index contributed by atoms with van der Waals surface area (Å²) >= 11 is 0. The van der Waals surface area contributed by atoms with Crippen molar-refractivity contribution in [3.63, 3.8) is 0 Å². The number of halogens is 1. The van der Waals surface area contributed by atoms with Gasteiger partial charge in [-0.3, -0.25) is 9.69 Å². The molecule has 0 atom stereocenters. The number of amides is 1. The molecule has 2 aromatic rings. The van der Waals surface area contributed by atoms with Gasteiger partial charge in [0.2, 0.25) is 5.91 Å². The van der Waals surface area contributed by atoms with Crippen LogP contribution >= 0.6 is 0 Å². The molecule has 1 amide bonds. The number of hydrogen-bond donors (Lipinski definition) is 0. The summed E-state index contributed by atoms with van der Waals surface area (Å²) in [6.45, 7) is 5.77. The molecule has 0 unspecified atom stereocenters. The zero-order valence-corrected chi connectivity index (χ0v) is 17.6. The third-order valence-corrected chi connectivity index (χ3v) is 5.58. The first-order chi connectivity index (χ1) is 13.9. The van der Waals surface area contributed by atoms with Crippen LogP contribution in [0.3, 0.4) is 0 Å². The number of likely N-dealkylation sites (tertiary alicyclic amines) is 1. The minimum Gasteiger partial charge on any atom is -0.497 e. The molecular formula is C23H29FN2O3. The number of aryl methyl sites for hydroxylation is 1. The molecule has 0 N–H and O–H groups in total. The fourth-order valence-corrected chi connectivity index (χ4v) is 3.94. The van der Waals surface area contributed by atoms with Crippen LogP contribution in [-0.2, 0) is 11.3 Å². The maximum atomic E-state index is 14.0. The minimum absolute atomic E-state index is 0.0523. The Kier molecular flexibility index (Phi) is 6.75. The van der Waals surface area contributed by atoms with E-state index in [4.69, 9.17) is 9.47 Å². The fourth-order valence-electron chi connectivity index (χ4n) is 3.94. The van der Waals surface area contributed by atoms with Crippen LogP contribution in [-0.4, -0.2) is 44.2 Å². The van der Waals surface area contributed by atoms with Crippen LogP contribution in [0.15, 0.2) is 36.4 Å². The number of anilines is 1. The fraction of sp³-hybridized carbons (Fsp3) is 0.435. The second kappa shape index (κ2) is 9.27.